The number of carbonyl (C=O) groups is 2. The molecule has 42 heavy (non-hydrogen) atoms. The topological polar surface area (TPSA) is 99.1 Å². The zero-order chi connectivity index (χ0) is 30.1. The van der Waals surface area contributed by atoms with Gasteiger partial charge in [0.2, 0.25) is 0 Å². The molecular formula is C32H33F2NO6S. The molecule has 1 unspecified atom stereocenters. The summed E-state index contributed by atoms with van der Waals surface area (Å²) in [6.07, 6.45) is 5.17. The van der Waals surface area contributed by atoms with E-state index >= 15 is 0 Å². The monoisotopic (exact) mass is 597 g/mol. The van der Waals surface area contributed by atoms with Gasteiger partial charge in [0.1, 0.15) is 23.6 Å². The van der Waals surface area contributed by atoms with E-state index in [-0.39, 0.29) is 5.92 Å². The van der Waals surface area contributed by atoms with E-state index < -0.39 is 40.3 Å². The van der Waals surface area contributed by atoms with E-state index in [4.69, 9.17) is 14.6 Å². The van der Waals surface area contributed by atoms with Crippen molar-refractivity contribution in [3.8, 4) is 5.75 Å². The normalized spacial score (nSPS) is 15.4. The predicted octanol–water partition coefficient (Wildman–Crippen LogP) is 5.31. The second-order valence-corrected chi connectivity index (χ2v) is 11.5. The molecular weight excluding hydrogens is 564 g/mol. The number of carbonyl (C=O) groups excluding carboxylic acids is 1. The van der Waals surface area contributed by atoms with Crippen molar-refractivity contribution in [2.45, 2.75) is 29.8 Å². The van der Waals surface area contributed by atoms with Gasteiger partial charge in [-0.3, -0.25) is 0 Å². The van der Waals surface area contributed by atoms with Crippen LogP contribution in [0.15, 0.2) is 89.8 Å². The molecule has 1 atom stereocenters. The highest BCUT2D eigenvalue weighted by Gasteiger charge is 2.46. The number of likely N-dealkylation sites (tertiary alicyclic amines) is 1. The van der Waals surface area contributed by atoms with Gasteiger partial charge in [0, 0.05) is 35.7 Å². The highest BCUT2D eigenvalue weighted by molar-refractivity contribution is 7.90. The van der Waals surface area contributed by atoms with Crippen LogP contribution in [-0.2, 0) is 31.1 Å². The van der Waals surface area contributed by atoms with Crippen LogP contribution in [0.1, 0.15) is 30.4 Å². The number of hydrogen-bond donors (Lipinski definition) is 1. The largest absolute Gasteiger partial charge is 0.612 e. The molecule has 1 saturated heterocycles. The number of piperidine rings is 1. The van der Waals surface area contributed by atoms with Crippen LogP contribution in [0.4, 0.5) is 8.78 Å². The first-order chi connectivity index (χ1) is 20.2. The van der Waals surface area contributed by atoms with Gasteiger partial charge in [0.05, 0.1) is 6.61 Å². The van der Waals surface area contributed by atoms with Crippen LogP contribution in [0, 0.1) is 17.6 Å². The van der Waals surface area contributed by atoms with E-state index in [2.05, 4.69) is 4.90 Å². The maximum absolute atomic E-state index is 13.9. The van der Waals surface area contributed by atoms with Gasteiger partial charge in [0.25, 0.3) is 0 Å². The van der Waals surface area contributed by atoms with Crippen molar-refractivity contribution in [2.24, 2.45) is 5.92 Å². The lowest BCUT2D eigenvalue weighted by Crippen LogP contribution is -2.47. The van der Waals surface area contributed by atoms with Crippen LogP contribution in [0.2, 0.25) is 0 Å². The Morgan fingerprint density at radius 1 is 0.952 bits per heavy atom. The van der Waals surface area contributed by atoms with Crippen molar-refractivity contribution < 1.29 is 37.5 Å². The highest BCUT2D eigenvalue weighted by Crippen LogP contribution is 2.45. The molecule has 3 aromatic rings. The number of nitrogens with zero attached hydrogens (tertiary/aromatic N) is 1. The van der Waals surface area contributed by atoms with Crippen LogP contribution >= 0.6 is 0 Å². The number of carboxylic acid groups (broad SMARTS) is 1. The first-order valence-corrected chi connectivity index (χ1v) is 15.2. The number of benzene rings is 3. The third-order valence-corrected chi connectivity index (χ3v) is 8.31. The maximum atomic E-state index is 13.9. The summed E-state index contributed by atoms with van der Waals surface area (Å²) in [5.74, 6) is -2.64. The Labute approximate surface area is 246 Å². The van der Waals surface area contributed by atoms with Crippen LogP contribution in [-0.4, -0.2) is 59.0 Å². The van der Waals surface area contributed by atoms with Gasteiger partial charge in [0.15, 0.2) is 10.5 Å². The van der Waals surface area contributed by atoms with Gasteiger partial charge in [-0.05, 0) is 92.1 Å². The molecule has 0 spiro atoms. The number of aliphatic carboxylic acids is 1. The van der Waals surface area contributed by atoms with E-state index in [1.54, 1.807) is 54.8 Å². The quantitative estimate of drug-likeness (QED) is 0.131. The van der Waals surface area contributed by atoms with E-state index in [1.165, 1.54) is 24.3 Å². The lowest BCUT2D eigenvalue weighted by atomic mass is 9.71. The van der Waals surface area contributed by atoms with Gasteiger partial charge >= 0.3 is 11.9 Å². The predicted molar refractivity (Wildman–Crippen MR) is 154 cm³/mol. The smallest absolute Gasteiger partial charge is 0.332 e. The summed E-state index contributed by atoms with van der Waals surface area (Å²) in [7, 11) is 0. The number of halogens is 2. The average Bonchev–Trinajstić information content (AvgIpc) is 2.98. The minimum Gasteiger partial charge on any atom is -0.612 e. The minimum absolute atomic E-state index is 0.259. The second-order valence-electron chi connectivity index (χ2n) is 10.1. The van der Waals surface area contributed by atoms with Crippen LogP contribution in [0.3, 0.4) is 0 Å². The number of carboxylic acids is 1. The van der Waals surface area contributed by atoms with Crippen molar-refractivity contribution in [1.29, 1.82) is 0 Å². The highest BCUT2D eigenvalue weighted by atomic mass is 32.2. The summed E-state index contributed by atoms with van der Waals surface area (Å²) >= 11 is -1.04. The first kappa shape index (κ1) is 31.2. The van der Waals surface area contributed by atoms with Gasteiger partial charge in [-0.2, -0.15) is 0 Å². The lowest BCUT2D eigenvalue weighted by molar-refractivity contribution is -0.158. The SMILES string of the molecule is C[S+]([O-])c1ccc(OCCCN2CCC(C(OC(=O)/C=C/C(=O)O)(c3ccc(F)cc3)c3ccc(F)cc3)CC2)cc1. The Bertz CT molecular complexity index is 1310. The molecule has 10 heteroatoms. The number of ether oxygens (including phenoxy) is 2. The molecule has 4 rings (SSSR count). The van der Waals surface area contributed by atoms with Crippen molar-refractivity contribution in [1.82, 2.24) is 4.90 Å². The molecule has 0 bridgehead atoms. The standard InChI is InChI=1S/C32H33F2NO6S/c1-42(39)29-13-11-28(12-14-29)40-22-2-19-35-20-17-25(18-21-35)32(23-3-7-26(33)8-4-23,24-5-9-27(34)10-6-24)41-31(38)16-15-30(36)37/h3-16,25H,2,17-22H2,1H3,(H,36,37)/b16-15+. The Kier molecular flexibility index (Phi) is 10.7. The molecule has 1 fully saturated rings. The minimum atomic E-state index is -1.40. The summed E-state index contributed by atoms with van der Waals surface area (Å²) in [5, 5.41) is 9.01. The second kappa shape index (κ2) is 14.4. The van der Waals surface area contributed by atoms with Crippen molar-refractivity contribution in [3.63, 3.8) is 0 Å². The van der Waals surface area contributed by atoms with Crippen molar-refractivity contribution in [3.05, 3.63) is 108 Å². The Morgan fingerprint density at radius 3 is 2.00 bits per heavy atom. The molecule has 222 valence electrons. The fourth-order valence-corrected chi connectivity index (χ4v) is 5.85. The number of hydrogen-bond acceptors (Lipinski definition) is 6. The molecule has 1 N–H and O–H groups in total. The molecule has 1 aliphatic heterocycles. The summed E-state index contributed by atoms with van der Waals surface area (Å²) < 4.78 is 51.4. The molecule has 0 amide bonds. The molecule has 3 aromatic carbocycles. The molecule has 1 aliphatic rings. The summed E-state index contributed by atoms with van der Waals surface area (Å²) in [6.45, 7) is 2.67. The molecule has 0 aliphatic carbocycles. The third-order valence-electron chi connectivity index (χ3n) is 7.38. The van der Waals surface area contributed by atoms with Gasteiger partial charge < -0.3 is 24.0 Å². The third kappa shape index (κ3) is 7.96. The van der Waals surface area contributed by atoms with Crippen LogP contribution in [0.5, 0.6) is 5.75 Å². The molecule has 1 heterocycles. The lowest BCUT2D eigenvalue weighted by Gasteiger charge is -2.44. The van der Waals surface area contributed by atoms with Crippen LogP contribution < -0.4 is 4.74 Å². The zero-order valence-electron chi connectivity index (χ0n) is 23.2. The molecule has 0 radical (unpaired) electrons. The summed E-state index contributed by atoms with van der Waals surface area (Å²) in [5.41, 5.74) is -0.375. The van der Waals surface area contributed by atoms with Crippen LogP contribution in [0.25, 0.3) is 0 Å². The molecule has 0 saturated carbocycles. The fraction of sp³-hybridized carbons (Fsp3) is 0.312. The van der Waals surface area contributed by atoms with Crippen molar-refractivity contribution >= 4 is 23.1 Å². The Hall–Kier alpha value is -3.73. The number of esters is 1. The zero-order valence-corrected chi connectivity index (χ0v) is 24.0. The Balaban J connectivity index is 1.49. The van der Waals surface area contributed by atoms with E-state index in [1.807, 2.05) is 0 Å². The van der Waals surface area contributed by atoms with Gasteiger partial charge in [-0.25, -0.2) is 18.4 Å². The fourth-order valence-electron chi connectivity index (χ4n) is 5.34. The van der Waals surface area contributed by atoms with E-state index in [0.29, 0.717) is 55.5 Å². The number of rotatable bonds is 12. The average molecular weight is 598 g/mol. The molecule has 0 aromatic heterocycles. The van der Waals surface area contributed by atoms with E-state index in [9.17, 15) is 22.9 Å². The Morgan fingerprint density at radius 2 is 1.50 bits per heavy atom. The summed E-state index contributed by atoms with van der Waals surface area (Å²) in [4.78, 5) is 27.0. The first-order valence-electron chi connectivity index (χ1n) is 13.6. The summed E-state index contributed by atoms with van der Waals surface area (Å²) in [6, 6.07) is 18.5. The maximum Gasteiger partial charge on any atom is 0.332 e. The van der Waals surface area contributed by atoms with Gasteiger partial charge in [-0.1, -0.05) is 24.3 Å². The van der Waals surface area contributed by atoms with Gasteiger partial charge in [-0.15, -0.1) is 0 Å². The molecule has 7 nitrogen and oxygen atoms in total. The van der Waals surface area contributed by atoms with Crippen molar-refractivity contribution in [2.75, 3.05) is 32.5 Å². The van der Waals surface area contributed by atoms with E-state index in [0.717, 1.165) is 23.9 Å².